The van der Waals surface area contributed by atoms with Crippen LogP contribution in [0, 0.1) is 0 Å². The highest BCUT2D eigenvalue weighted by atomic mass is 35.5. The van der Waals surface area contributed by atoms with Crippen LogP contribution in [0.1, 0.15) is 56.8 Å². The Morgan fingerprint density at radius 1 is 0.800 bits per heavy atom. The molecular formula is C27H23ClN2O5. The molecule has 0 aliphatic carbocycles. The third-order valence-corrected chi connectivity index (χ3v) is 5.84. The van der Waals surface area contributed by atoms with Gasteiger partial charge in [0.05, 0.1) is 11.1 Å². The van der Waals surface area contributed by atoms with E-state index in [1.165, 1.54) is 4.90 Å². The fraction of sp³-hybridized carbons (Fsp3) is 0.185. The van der Waals surface area contributed by atoms with Crippen LogP contribution in [0.4, 0.5) is 5.69 Å². The van der Waals surface area contributed by atoms with Gasteiger partial charge in [-0.05, 0) is 73.5 Å². The number of carbonyl (C=O) groups is 4. The molecule has 3 aromatic rings. The van der Waals surface area contributed by atoms with Crippen molar-refractivity contribution in [1.82, 2.24) is 4.90 Å². The zero-order chi connectivity index (χ0) is 24.8. The van der Waals surface area contributed by atoms with Crippen molar-refractivity contribution in [3.8, 4) is 5.75 Å². The molecule has 3 aromatic carbocycles. The lowest BCUT2D eigenvalue weighted by molar-refractivity contribution is -0.134. The summed E-state index contributed by atoms with van der Waals surface area (Å²) < 4.78 is 5.33. The van der Waals surface area contributed by atoms with Crippen LogP contribution in [0.25, 0.3) is 0 Å². The number of anilines is 1. The number of amides is 3. The van der Waals surface area contributed by atoms with Gasteiger partial charge in [-0.1, -0.05) is 30.2 Å². The van der Waals surface area contributed by atoms with Crippen LogP contribution in [-0.2, 0) is 4.79 Å². The van der Waals surface area contributed by atoms with Gasteiger partial charge in [0.15, 0.2) is 0 Å². The van der Waals surface area contributed by atoms with E-state index < -0.39 is 0 Å². The fourth-order valence-corrected chi connectivity index (χ4v) is 3.88. The fourth-order valence-electron chi connectivity index (χ4n) is 3.75. The summed E-state index contributed by atoms with van der Waals surface area (Å²) in [6, 6.07) is 19.9. The first-order chi connectivity index (χ1) is 16.9. The molecule has 4 rings (SSSR count). The Morgan fingerprint density at radius 3 is 2.06 bits per heavy atom. The molecule has 7 nitrogen and oxygen atoms in total. The van der Waals surface area contributed by atoms with E-state index in [1.54, 1.807) is 72.8 Å². The molecule has 0 atom stereocenters. The second-order valence-corrected chi connectivity index (χ2v) is 8.51. The summed E-state index contributed by atoms with van der Waals surface area (Å²) in [5, 5.41) is 3.35. The standard InChI is InChI=1S/C27H23ClN2O5/c28-19-11-13-20(14-12-19)29-25(32)18-9-15-21(16-10-18)35-24(31)8-2-1-5-17-30-26(33)22-6-3-4-7-23(22)27(30)34/h3-4,6-7,9-16H,1-2,5,8,17H2,(H,29,32). The summed E-state index contributed by atoms with van der Waals surface area (Å²) in [5.74, 6) is -0.859. The van der Waals surface area contributed by atoms with Gasteiger partial charge >= 0.3 is 5.97 Å². The number of rotatable bonds is 9. The van der Waals surface area contributed by atoms with Crippen LogP contribution in [0.15, 0.2) is 72.8 Å². The van der Waals surface area contributed by atoms with Crippen molar-refractivity contribution in [2.45, 2.75) is 25.7 Å². The van der Waals surface area contributed by atoms with Crippen molar-refractivity contribution in [1.29, 1.82) is 0 Å². The molecule has 0 saturated carbocycles. The number of carbonyl (C=O) groups excluding carboxylic acids is 4. The van der Waals surface area contributed by atoms with Crippen LogP contribution in [0.2, 0.25) is 5.02 Å². The summed E-state index contributed by atoms with van der Waals surface area (Å²) in [4.78, 5) is 50.4. The molecule has 0 fully saturated rings. The number of esters is 1. The minimum absolute atomic E-state index is 0.209. The summed E-state index contributed by atoms with van der Waals surface area (Å²) in [6.07, 6.45) is 2.06. The smallest absolute Gasteiger partial charge is 0.311 e. The predicted octanol–water partition coefficient (Wildman–Crippen LogP) is 5.35. The van der Waals surface area contributed by atoms with E-state index in [0.717, 1.165) is 0 Å². The molecule has 0 unspecified atom stereocenters. The van der Waals surface area contributed by atoms with E-state index in [0.29, 0.717) is 59.0 Å². The molecule has 3 amide bonds. The van der Waals surface area contributed by atoms with Crippen LogP contribution < -0.4 is 10.1 Å². The Kier molecular flexibility index (Phi) is 7.57. The molecular weight excluding hydrogens is 468 g/mol. The third kappa shape index (κ3) is 5.94. The number of nitrogens with zero attached hydrogens (tertiary/aromatic N) is 1. The van der Waals surface area contributed by atoms with Gasteiger partial charge < -0.3 is 10.1 Å². The lowest BCUT2D eigenvalue weighted by atomic mass is 10.1. The van der Waals surface area contributed by atoms with E-state index >= 15 is 0 Å². The van der Waals surface area contributed by atoms with E-state index in [-0.39, 0.29) is 30.1 Å². The molecule has 0 saturated heterocycles. The van der Waals surface area contributed by atoms with Crippen molar-refractivity contribution in [3.63, 3.8) is 0 Å². The van der Waals surface area contributed by atoms with Crippen molar-refractivity contribution < 1.29 is 23.9 Å². The van der Waals surface area contributed by atoms with Crippen LogP contribution in [-0.4, -0.2) is 35.1 Å². The summed E-state index contributed by atoms with van der Waals surface area (Å²) in [5.41, 5.74) is 1.93. The van der Waals surface area contributed by atoms with Crippen molar-refractivity contribution >= 4 is 41.0 Å². The monoisotopic (exact) mass is 490 g/mol. The van der Waals surface area contributed by atoms with Gasteiger partial charge in [0.25, 0.3) is 17.7 Å². The number of nitrogens with one attached hydrogen (secondary N) is 1. The first-order valence-corrected chi connectivity index (χ1v) is 11.6. The van der Waals surface area contributed by atoms with Crippen LogP contribution in [0.3, 0.4) is 0 Å². The summed E-state index contributed by atoms with van der Waals surface area (Å²) >= 11 is 5.84. The first kappa shape index (κ1) is 24.2. The molecule has 0 spiro atoms. The van der Waals surface area contributed by atoms with Crippen molar-refractivity contribution in [2.75, 3.05) is 11.9 Å². The highest BCUT2D eigenvalue weighted by molar-refractivity contribution is 6.30. The summed E-state index contributed by atoms with van der Waals surface area (Å²) in [6.45, 7) is 0.320. The maximum Gasteiger partial charge on any atom is 0.311 e. The minimum Gasteiger partial charge on any atom is -0.427 e. The number of hydrogen-bond donors (Lipinski definition) is 1. The number of unbranched alkanes of at least 4 members (excludes halogenated alkanes) is 2. The second-order valence-electron chi connectivity index (χ2n) is 8.08. The zero-order valence-electron chi connectivity index (χ0n) is 18.8. The molecule has 1 aliphatic heterocycles. The molecule has 8 heteroatoms. The SMILES string of the molecule is O=C(CCCCCN1C(=O)c2ccccc2C1=O)Oc1ccc(C(=O)Nc2ccc(Cl)cc2)cc1. The van der Waals surface area contributed by atoms with Gasteiger partial charge in [0, 0.05) is 29.2 Å². The molecule has 1 N–H and O–H groups in total. The highest BCUT2D eigenvalue weighted by Gasteiger charge is 2.34. The van der Waals surface area contributed by atoms with Gasteiger partial charge in [-0.15, -0.1) is 0 Å². The average Bonchev–Trinajstić information content (AvgIpc) is 3.10. The Balaban J connectivity index is 1.17. The Hall–Kier alpha value is -3.97. The molecule has 1 aliphatic rings. The normalized spacial score (nSPS) is 12.4. The van der Waals surface area contributed by atoms with E-state index in [2.05, 4.69) is 5.32 Å². The Bertz CT molecular complexity index is 1220. The van der Waals surface area contributed by atoms with Crippen molar-refractivity contribution in [2.24, 2.45) is 0 Å². The number of fused-ring (bicyclic) bond motifs is 1. The number of imide groups is 1. The lowest BCUT2D eigenvalue weighted by Gasteiger charge is -2.13. The zero-order valence-corrected chi connectivity index (χ0v) is 19.6. The molecule has 1 heterocycles. The lowest BCUT2D eigenvalue weighted by Crippen LogP contribution is -2.30. The van der Waals surface area contributed by atoms with E-state index in [9.17, 15) is 19.2 Å². The second kappa shape index (κ2) is 11.0. The van der Waals surface area contributed by atoms with E-state index in [4.69, 9.17) is 16.3 Å². The van der Waals surface area contributed by atoms with Gasteiger partial charge in [-0.3, -0.25) is 24.1 Å². The maximum atomic E-state index is 12.4. The molecule has 178 valence electrons. The minimum atomic E-state index is -0.385. The molecule has 0 radical (unpaired) electrons. The van der Waals surface area contributed by atoms with Gasteiger partial charge in [0.2, 0.25) is 0 Å². The third-order valence-electron chi connectivity index (χ3n) is 5.59. The Labute approximate surface area is 207 Å². The number of halogens is 1. The van der Waals surface area contributed by atoms with Gasteiger partial charge in [-0.2, -0.15) is 0 Å². The van der Waals surface area contributed by atoms with E-state index in [1.807, 2.05) is 0 Å². The number of ether oxygens (including phenoxy) is 1. The van der Waals surface area contributed by atoms with Crippen LogP contribution in [0.5, 0.6) is 5.75 Å². The molecule has 0 aromatic heterocycles. The van der Waals surface area contributed by atoms with Crippen LogP contribution >= 0.6 is 11.6 Å². The van der Waals surface area contributed by atoms with Gasteiger partial charge in [-0.25, -0.2) is 0 Å². The topological polar surface area (TPSA) is 92.8 Å². The van der Waals surface area contributed by atoms with Gasteiger partial charge in [0.1, 0.15) is 5.75 Å². The maximum absolute atomic E-state index is 12.4. The average molecular weight is 491 g/mol. The highest BCUT2D eigenvalue weighted by Crippen LogP contribution is 2.23. The molecule has 0 bridgehead atoms. The quantitative estimate of drug-likeness (QED) is 0.189. The predicted molar refractivity (Wildman–Crippen MR) is 132 cm³/mol. The number of benzene rings is 3. The largest absolute Gasteiger partial charge is 0.427 e. The molecule has 35 heavy (non-hydrogen) atoms. The first-order valence-electron chi connectivity index (χ1n) is 11.3. The summed E-state index contributed by atoms with van der Waals surface area (Å²) in [7, 11) is 0. The Morgan fingerprint density at radius 2 is 1.43 bits per heavy atom. The number of hydrogen-bond acceptors (Lipinski definition) is 5. The van der Waals surface area contributed by atoms with Crippen molar-refractivity contribution in [3.05, 3.63) is 94.5 Å².